The first kappa shape index (κ1) is 18.0. The number of esters is 2. The zero-order valence-electron chi connectivity index (χ0n) is 14.1. The number of hydrogen-bond acceptors (Lipinski definition) is 5. The van der Waals surface area contributed by atoms with Crippen LogP contribution in [0.5, 0.6) is 0 Å². The summed E-state index contributed by atoms with van der Waals surface area (Å²) in [6.45, 7) is 12.6. The minimum Gasteiger partial charge on any atom is -0.460 e. The number of carbonyl (C=O) groups is 2. The molecule has 2 atom stereocenters. The largest absolute Gasteiger partial charge is 0.460 e. The fourth-order valence-electron chi connectivity index (χ4n) is 2.46. The molecule has 0 saturated carbocycles. The Kier molecular flexibility index (Phi) is 5.79. The Morgan fingerprint density at radius 1 is 0.857 bits per heavy atom. The molecule has 1 saturated heterocycles. The molecule has 0 bridgehead atoms. The normalized spacial score (nSPS) is 23.0. The van der Waals surface area contributed by atoms with E-state index in [1.54, 1.807) is 0 Å². The summed E-state index contributed by atoms with van der Waals surface area (Å²) in [6, 6.07) is 0. The fourth-order valence-corrected chi connectivity index (χ4v) is 2.46. The number of carbonyl (C=O) groups excluding carboxylic acids is 2. The summed E-state index contributed by atoms with van der Waals surface area (Å²) in [5.74, 6) is -0.143. The Balaban J connectivity index is 2.48. The number of hydrogen-bond donors (Lipinski definition) is 1. The molecule has 1 rings (SSSR count). The van der Waals surface area contributed by atoms with Gasteiger partial charge in [0.2, 0.25) is 0 Å². The van der Waals surface area contributed by atoms with E-state index in [2.05, 4.69) is 5.32 Å². The quantitative estimate of drug-likeness (QED) is 0.807. The molecule has 1 aliphatic rings. The van der Waals surface area contributed by atoms with Gasteiger partial charge in [-0.1, -0.05) is 0 Å². The lowest BCUT2D eigenvalue weighted by Crippen LogP contribution is -2.29. The first-order chi connectivity index (χ1) is 9.46. The summed E-state index contributed by atoms with van der Waals surface area (Å²) in [7, 11) is 0. The average molecular weight is 299 g/mol. The fraction of sp³-hybridized carbons (Fsp3) is 0.875. The van der Waals surface area contributed by atoms with Gasteiger partial charge >= 0.3 is 11.9 Å². The molecule has 5 nitrogen and oxygen atoms in total. The molecule has 1 N–H and O–H groups in total. The van der Waals surface area contributed by atoms with E-state index in [0.29, 0.717) is 12.8 Å². The molecule has 0 aliphatic carbocycles. The summed E-state index contributed by atoms with van der Waals surface area (Å²) in [6.07, 6.45) is 0.690. The maximum Gasteiger partial charge on any atom is 0.306 e. The van der Waals surface area contributed by atoms with Crippen molar-refractivity contribution in [3.8, 4) is 0 Å². The van der Waals surface area contributed by atoms with Crippen LogP contribution in [-0.4, -0.2) is 36.2 Å². The molecule has 0 spiro atoms. The standard InChI is InChI=1S/C16H29NO4/c1-15(2,3)20-13(18)7-11-9-17-10-12(11)8-14(19)21-16(4,5)6/h11-12,17H,7-10H2,1-6H3/t11-,12+. The van der Waals surface area contributed by atoms with Crippen molar-refractivity contribution in [2.24, 2.45) is 11.8 Å². The van der Waals surface area contributed by atoms with Crippen molar-refractivity contribution in [1.29, 1.82) is 0 Å². The van der Waals surface area contributed by atoms with Crippen LogP contribution >= 0.6 is 0 Å². The molecule has 21 heavy (non-hydrogen) atoms. The second-order valence-corrected chi connectivity index (χ2v) is 7.76. The molecule has 1 aliphatic heterocycles. The monoisotopic (exact) mass is 299 g/mol. The number of rotatable bonds is 4. The molecule has 0 aromatic carbocycles. The van der Waals surface area contributed by atoms with Crippen LogP contribution in [0.15, 0.2) is 0 Å². The van der Waals surface area contributed by atoms with Crippen molar-refractivity contribution >= 4 is 11.9 Å². The van der Waals surface area contributed by atoms with Crippen molar-refractivity contribution in [2.45, 2.75) is 65.6 Å². The molecule has 5 heteroatoms. The van der Waals surface area contributed by atoms with Crippen molar-refractivity contribution in [3.63, 3.8) is 0 Å². The van der Waals surface area contributed by atoms with Crippen LogP contribution in [0, 0.1) is 11.8 Å². The van der Waals surface area contributed by atoms with Crippen LogP contribution in [0.3, 0.4) is 0 Å². The van der Waals surface area contributed by atoms with Crippen LogP contribution < -0.4 is 5.32 Å². The third-order valence-corrected chi connectivity index (χ3v) is 3.18. The first-order valence-corrected chi connectivity index (χ1v) is 7.61. The number of nitrogens with one attached hydrogen (secondary N) is 1. The molecule has 0 unspecified atom stereocenters. The smallest absolute Gasteiger partial charge is 0.306 e. The van der Waals surface area contributed by atoms with Crippen LogP contribution in [0.25, 0.3) is 0 Å². The van der Waals surface area contributed by atoms with Gasteiger partial charge in [0, 0.05) is 12.8 Å². The van der Waals surface area contributed by atoms with Gasteiger partial charge in [-0.3, -0.25) is 9.59 Å². The van der Waals surface area contributed by atoms with Gasteiger partial charge in [-0.05, 0) is 66.5 Å². The lowest BCUT2D eigenvalue weighted by Gasteiger charge is -2.24. The van der Waals surface area contributed by atoms with E-state index in [9.17, 15) is 9.59 Å². The highest BCUT2D eigenvalue weighted by atomic mass is 16.6. The Morgan fingerprint density at radius 2 is 1.19 bits per heavy atom. The van der Waals surface area contributed by atoms with Crippen molar-refractivity contribution in [3.05, 3.63) is 0 Å². The number of ether oxygens (including phenoxy) is 2. The Labute approximate surface area is 127 Å². The highest BCUT2D eigenvalue weighted by Gasteiger charge is 2.33. The Morgan fingerprint density at radius 3 is 1.48 bits per heavy atom. The van der Waals surface area contributed by atoms with Crippen LogP contribution in [0.4, 0.5) is 0 Å². The van der Waals surface area contributed by atoms with E-state index in [1.165, 1.54) is 0 Å². The van der Waals surface area contributed by atoms with Gasteiger partial charge in [0.1, 0.15) is 11.2 Å². The van der Waals surface area contributed by atoms with Gasteiger partial charge in [0.25, 0.3) is 0 Å². The topological polar surface area (TPSA) is 64.6 Å². The Hall–Kier alpha value is -1.10. The first-order valence-electron chi connectivity index (χ1n) is 7.61. The van der Waals surface area contributed by atoms with Gasteiger partial charge in [0.15, 0.2) is 0 Å². The van der Waals surface area contributed by atoms with Crippen molar-refractivity contribution in [1.82, 2.24) is 5.32 Å². The molecule has 0 radical (unpaired) electrons. The van der Waals surface area contributed by atoms with Gasteiger partial charge in [-0.25, -0.2) is 0 Å². The van der Waals surface area contributed by atoms with Crippen molar-refractivity contribution in [2.75, 3.05) is 13.1 Å². The van der Waals surface area contributed by atoms with Gasteiger partial charge in [0.05, 0.1) is 0 Å². The molecule has 0 aromatic rings. The van der Waals surface area contributed by atoms with E-state index in [1.807, 2.05) is 41.5 Å². The van der Waals surface area contributed by atoms with E-state index in [4.69, 9.17) is 9.47 Å². The average Bonchev–Trinajstić information content (AvgIpc) is 2.59. The highest BCUT2D eigenvalue weighted by Crippen LogP contribution is 2.26. The predicted octanol–water partition coefficient (Wildman–Crippen LogP) is 2.29. The highest BCUT2D eigenvalue weighted by molar-refractivity contribution is 5.72. The zero-order chi connectivity index (χ0) is 16.3. The van der Waals surface area contributed by atoms with Crippen LogP contribution in [0.1, 0.15) is 54.4 Å². The second kappa shape index (κ2) is 6.77. The molecule has 1 fully saturated rings. The van der Waals surface area contributed by atoms with E-state index >= 15 is 0 Å². The summed E-state index contributed by atoms with van der Waals surface area (Å²) in [4.78, 5) is 23.8. The predicted molar refractivity (Wildman–Crippen MR) is 80.8 cm³/mol. The molecular formula is C16H29NO4. The summed E-state index contributed by atoms with van der Waals surface area (Å²) < 4.78 is 10.7. The van der Waals surface area contributed by atoms with E-state index in [-0.39, 0.29) is 23.8 Å². The maximum atomic E-state index is 11.9. The summed E-state index contributed by atoms with van der Waals surface area (Å²) >= 11 is 0. The van der Waals surface area contributed by atoms with E-state index in [0.717, 1.165) is 13.1 Å². The van der Waals surface area contributed by atoms with E-state index < -0.39 is 11.2 Å². The zero-order valence-corrected chi connectivity index (χ0v) is 14.1. The summed E-state index contributed by atoms with van der Waals surface area (Å²) in [5, 5.41) is 3.24. The molecular weight excluding hydrogens is 270 g/mol. The molecule has 0 aromatic heterocycles. The third kappa shape index (κ3) is 7.46. The minimum atomic E-state index is -0.468. The van der Waals surface area contributed by atoms with Gasteiger partial charge in [-0.2, -0.15) is 0 Å². The molecule has 0 amide bonds. The van der Waals surface area contributed by atoms with Crippen molar-refractivity contribution < 1.29 is 19.1 Å². The lowest BCUT2D eigenvalue weighted by molar-refractivity contribution is -0.159. The summed E-state index contributed by atoms with van der Waals surface area (Å²) in [5.41, 5.74) is -0.937. The third-order valence-electron chi connectivity index (χ3n) is 3.18. The SMILES string of the molecule is CC(C)(C)OC(=O)C[C@H]1CNC[C@H]1CC(=O)OC(C)(C)C. The van der Waals surface area contributed by atoms with Gasteiger partial charge < -0.3 is 14.8 Å². The van der Waals surface area contributed by atoms with Crippen LogP contribution in [-0.2, 0) is 19.1 Å². The minimum absolute atomic E-state index is 0.132. The molecule has 122 valence electrons. The maximum absolute atomic E-state index is 11.9. The second-order valence-electron chi connectivity index (χ2n) is 7.76. The Bertz CT molecular complexity index is 343. The van der Waals surface area contributed by atoms with Gasteiger partial charge in [-0.15, -0.1) is 0 Å². The van der Waals surface area contributed by atoms with Crippen LogP contribution in [0.2, 0.25) is 0 Å². The molecule has 1 heterocycles. The lowest BCUT2D eigenvalue weighted by atomic mass is 9.90.